The summed E-state index contributed by atoms with van der Waals surface area (Å²) < 4.78 is 26.0. The van der Waals surface area contributed by atoms with Gasteiger partial charge in [-0.05, 0) is 25.8 Å². The van der Waals surface area contributed by atoms with Crippen LogP contribution in [0.25, 0.3) is 0 Å². The van der Waals surface area contributed by atoms with E-state index in [9.17, 15) is 13.2 Å². The summed E-state index contributed by atoms with van der Waals surface area (Å²) in [6.07, 6.45) is 1.79. The largest absolute Gasteiger partial charge is 0.365 e. The zero-order chi connectivity index (χ0) is 12.6. The first-order valence-corrected chi connectivity index (χ1v) is 7.59. The predicted octanol–water partition coefficient (Wildman–Crippen LogP) is 0.940. The molecular weight excluding hydrogens is 260 g/mol. The average molecular weight is 274 g/mol. The minimum atomic E-state index is -3.45. The zero-order valence-corrected chi connectivity index (χ0v) is 11.1. The van der Waals surface area contributed by atoms with Gasteiger partial charge in [-0.15, -0.1) is 11.3 Å². The second-order valence-electron chi connectivity index (χ2n) is 4.01. The Bertz CT molecular complexity index is 542. The van der Waals surface area contributed by atoms with Crippen LogP contribution in [0.4, 0.5) is 0 Å². The van der Waals surface area contributed by atoms with Gasteiger partial charge in [-0.2, -0.15) is 4.31 Å². The van der Waals surface area contributed by atoms with Crippen LogP contribution in [0.5, 0.6) is 0 Å². The van der Waals surface area contributed by atoms with E-state index in [2.05, 4.69) is 0 Å². The Kier molecular flexibility index (Phi) is 3.24. The van der Waals surface area contributed by atoms with Crippen molar-refractivity contribution in [3.8, 4) is 0 Å². The highest BCUT2D eigenvalue weighted by atomic mass is 32.2. The van der Waals surface area contributed by atoms with Gasteiger partial charge in [0.2, 0.25) is 10.0 Å². The summed E-state index contributed by atoms with van der Waals surface area (Å²) in [4.78, 5) is 12.2. The maximum Gasteiger partial charge on any atom is 0.258 e. The van der Waals surface area contributed by atoms with Crippen LogP contribution in [0.1, 0.15) is 27.4 Å². The summed E-state index contributed by atoms with van der Waals surface area (Å²) >= 11 is 1.13. The molecular formula is C10H14N2O3S2. The number of carbonyl (C=O) groups excluding carboxylic acids is 1. The summed E-state index contributed by atoms with van der Waals surface area (Å²) in [5.41, 5.74) is 5.16. The van der Waals surface area contributed by atoms with E-state index in [1.54, 1.807) is 6.92 Å². The number of carbonyl (C=O) groups is 1. The molecule has 0 bridgehead atoms. The summed E-state index contributed by atoms with van der Waals surface area (Å²) in [6.45, 7) is 2.81. The van der Waals surface area contributed by atoms with Gasteiger partial charge in [0.15, 0.2) is 0 Å². The Balaban J connectivity index is 2.42. The number of nitrogens with two attached hydrogens (primary N) is 1. The molecule has 1 aromatic rings. The van der Waals surface area contributed by atoms with Crippen molar-refractivity contribution in [2.24, 2.45) is 5.73 Å². The highest BCUT2D eigenvalue weighted by Crippen LogP contribution is 2.29. The lowest BCUT2D eigenvalue weighted by atomic mass is 10.4. The van der Waals surface area contributed by atoms with Crippen molar-refractivity contribution < 1.29 is 13.2 Å². The number of sulfonamides is 1. The summed E-state index contributed by atoms with van der Waals surface area (Å²) in [6, 6.07) is 1.38. The van der Waals surface area contributed by atoms with Gasteiger partial charge in [0, 0.05) is 18.0 Å². The van der Waals surface area contributed by atoms with Crippen molar-refractivity contribution in [1.82, 2.24) is 4.31 Å². The first kappa shape index (κ1) is 12.5. The molecule has 17 heavy (non-hydrogen) atoms. The lowest BCUT2D eigenvalue weighted by Crippen LogP contribution is -2.28. The Labute approximate surface area is 104 Å². The van der Waals surface area contributed by atoms with E-state index < -0.39 is 15.9 Å². The summed E-state index contributed by atoms with van der Waals surface area (Å²) in [5.74, 6) is -0.582. The van der Waals surface area contributed by atoms with Crippen molar-refractivity contribution in [3.63, 3.8) is 0 Å². The molecule has 1 saturated heterocycles. The number of hydrogen-bond donors (Lipinski definition) is 1. The number of primary amides is 1. The fourth-order valence-electron chi connectivity index (χ4n) is 1.91. The molecule has 1 aliphatic rings. The average Bonchev–Trinajstić information content (AvgIpc) is 2.85. The van der Waals surface area contributed by atoms with Crippen molar-refractivity contribution in [2.75, 3.05) is 13.1 Å². The SMILES string of the molecule is Cc1sc(C(N)=O)cc1S(=O)(=O)N1CCCC1. The van der Waals surface area contributed by atoms with Gasteiger partial charge in [-0.25, -0.2) is 8.42 Å². The monoisotopic (exact) mass is 274 g/mol. The van der Waals surface area contributed by atoms with Crippen molar-refractivity contribution in [3.05, 3.63) is 15.8 Å². The van der Waals surface area contributed by atoms with Gasteiger partial charge in [0.1, 0.15) is 0 Å². The van der Waals surface area contributed by atoms with E-state index in [-0.39, 0.29) is 4.90 Å². The fourth-order valence-corrected chi connectivity index (χ4v) is 4.84. The van der Waals surface area contributed by atoms with Crippen molar-refractivity contribution in [1.29, 1.82) is 0 Å². The smallest absolute Gasteiger partial charge is 0.258 e. The molecule has 0 spiro atoms. The topological polar surface area (TPSA) is 80.5 Å². The molecule has 2 rings (SSSR count). The molecule has 0 radical (unpaired) electrons. The lowest BCUT2D eigenvalue weighted by Gasteiger charge is -2.14. The first-order chi connectivity index (χ1) is 7.93. The van der Waals surface area contributed by atoms with E-state index in [0.29, 0.717) is 22.8 Å². The second-order valence-corrected chi connectivity index (χ2v) is 7.17. The van der Waals surface area contributed by atoms with Crippen LogP contribution in [0.15, 0.2) is 11.0 Å². The molecule has 0 atom stereocenters. The quantitative estimate of drug-likeness (QED) is 0.890. The van der Waals surface area contributed by atoms with E-state index in [4.69, 9.17) is 5.73 Å². The van der Waals surface area contributed by atoms with Crippen LogP contribution < -0.4 is 5.73 Å². The molecule has 2 N–H and O–H groups in total. The molecule has 1 fully saturated rings. The molecule has 1 aromatic heterocycles. The van der Waals surface area contributed by atoms with Crippen LogP contribution in [-0.2, 0) is 10.0 Å². The van der Waals surface area contributed by atoms with Gasteiger partial charge in [-0.1, -0.05) is 0 Å². The van der Waals surface area contributed by atoms with E-state index >= 15 is 0 Å². The molecule has 94 valence electrons. The lowest BCUT2D eigenvalue weighted by molar-refractivity contribution is 0.100. The third-order valence-electron chi connectivity index (χ3n) is 2.80. The van der Waals surface area contributed by atoms with Crippen LogP contribution >= 0.6 is 11.3 Å². The van der Waals surface area contributed by atoms with E-state index in [1.807, 2.05) is 0 Å². The van der Waals surface area contributed by atoms with Gasteiger partial charge >= 0.3 is 0 Å². The molecule has 5 nitrogen and oxygen atoms in total. The normalized spacial score (nSPS) is 17.5. The molecule has 0 unspecified atom stereocenters. The molecule has 0 aromatic carbocycles. The number of hydrogen-bond acceptors (Lipinski definition) is 4. The summed E-state index contributed by atoms with van der Waals surface area (Å²) in [7, 11) is -3.45. The van der Waals surface area contributed by atoms with Crippen LogP contribution in [0, 0.1) is 6.92 Å². The van der Waals surface area contributed by atoms with E-state index in [0.717, 1.165) is 24.2 Å². The third kappa shape index (κ3) is 2.22. The second kappa shape index (κ2) is 4.40. The highest BCUT2D eigenvalue weighted by molar-refractivity contribution is 7.89. The Morgan fingerprint density at radius 2 is 2.00 bits per heavy atom. The fraction of sp³-hybridized carbons (Fsp3) is 0.500. The minimum absolute atomic E-state index is 0.221. The Morgan fingerprint density at radius 3 is 2.47 bits per heavy atom. The van der Waals surface area contributed by atoms with Gasteiger partial charge in [-0.3, -0.25) is 4.79 Å². The maximum atomic E-state index is 12.3. The van der Waals surface area contributed by atoms with E-state index in [1.165, 1.54) is 10.4 Å². The van der Waals surface area contributed by atoms with Crippen LogP contribution in [0.2, 0.25) is 0 Å². The molecule has 0 saturated carbocycles. The molecule has 1 aliphatic heterocycles. The van der Waals surface area contributed by atoms with Crippen LogP contribution in [0.3, 0.4) is 0 Å². The number of aryl methyl sites for hydroxylation is 1. The van der Waals surface area contributed by atoms with Gasteiger partial charge in [0.05, 0.1) is 9.77 Å². The highest BCUT2D eigenvalue weighted by Gasteiger charge is 2.30. The third-order valence-corrected chi connectivity index (χ3v) is 6.02. The minimum Gasteiger partial charge on any atom is -0.365 e. The Hall–Kier alpha value is -0.920. The number of rotatable bonds is 3. The van der Waals surface area contributed by atoms with Crippen LogP contribution in [-0.4, -0.2) is 31.7 Å². The predicted molar refractivity (Wildman–Crippen MR) is 65.6 cm³/mol. The molecule has 2 heterocycles. The molecule has 1 amide bonds. The number of amides is 1. The van der Waals surface area contributed by atoms with Crippen molar-refractivity contribution >= 4 is 27.3 Å². The number of thiophene rings is 1. The number of nitrogens with zero attached hydrogens (tertiary/aromatic N) is 1. The summed E-state index contributed by atoms with van der Waals surface area (Å²) in [5, 5.41) is 0. The molecule has 0 aliphatic carbocycles. The van der Waals surface area contributed by atoms with Gasteiger partial charge < -0.3 is 5.73 Å². The first-order valence-electron chi connectivity index (χ1n) is 5.33. The maximum absolute atomic E-state index is 12.3. The molecule has 7 heteroatoms. The van der Waals surface area contributed by atoms with Crippen molar-refractivity contribution in [2.45, 2.75) is 24.7 Å². The standard InChI is InChI=1S/C10H14N2O3S2/c1-7-9(6-8(16-7)10(11)13)17(14,15)12-4-2-3-5-12/h6H,2-5H2,1H3,(H2,11,13). The van der Waals surface area contributed by atoms with Gasteiger partial charge in [0.25, 0.3) is 5.91 Å². The zero-order valence-electron chi connectivity index (χ0n) is 9.47. The Morgan fingerprint density at radius 1 is 1.41 bits per heavy atom.